The number of rotatable bonds is 2. The van der Waals surface area contributed by atoms with Crippen LogP contribution in [0.15, 0.2) is 18.2 Å². The van der Waals surface area contributed by atoms with E-state index < -0.39 is 5.60 Å². The average Bonchev–Trinajstić information content (AvgIpc) is 3.08. The van der Waals surface area contributed by atoms with Crippen molar-refractivity contribution in [3.63, 3.8) is 0 Å². The first-order chi connectivity index (χ1) is 7.99. The Bertz CT molecular complexity index is 460. The van der Waals surface area contributed by atoms with Gasteiger partial charge in [0.1, 0.15) is 5.75 Å². The summed E-state index contributed by atoms with van der Waals surface area (Å²) >= 11 is 0. The van der Waals surface area contributed by atoms with E-state index in [1.54, 1.807) is 7.11 Å². The lowest BCUT2D eigenvalue weighted by Gasteiger charge is -2.38. The van der Waals surface area contributed by atoms with Gasteiger partial charge < -0.3 is 9.84 Å². The molecule has 1 unspecified atom stereocenters. The van der Waals surface area contributed by atoms with E-state index in [1.807, 2.05) is 6.07 Å². The molecule has 3 rings (SSSR count). The molecule has 0 saturated heterocycles. The van der Waals surface area contributed by atoms with Gasteiger partial charge in [0, 0.05) is 5.41 Å². The first-order valence-corrected chi connectivity index (χ1v) is 6.39. The molecule has 1 atom stereocenters. The summed E-state index contributed by atoms with van der Waals surface area (Å²) in [6, 6.07) is 6.10. The number of hydrogen-bond acceptors (Lipinski definition) is 2. The van der Waals surface area contributed by atoms with Crippen molar-refractivity contribution in [2.45, 2.75) is 38.7 Å². The summed E-state index contributed by atoms with van der Waals surface area (Å²) in [6.45, 7) is 4.36. The first kappa shape index (κ1) is 11.1. The number of methoxy groups -OCH3 is 1. The summed E-state index contributed by atoms with van der Waals surface area (Å²) in [4.78, 5) is 0. The highest BCUT2D eigenvalue weighted by Gasteiger charge is 2.58. The van der Waals surface area contributed by atoms with E-state index in [9.17, 15) is 5.11 Å². The highest BCUT2D eigenvalue weighted by Crippen LogP contribution is 2.60. The Kier molecular flexibility index (Phi) is 2.13. The third-order valence-corrected chi connectivity index (χ3v) is 4.56. The van der Waals surface area contributed by atoms with Crippen molar-refractivity contribution in [3.8, 4) is 5.75 Å². The van der Waals surface area contributed by atoms with Crippen molar-refractivity contribution < 1.29 is 9.84 Å². The zero-order valence-electron chi connectivity index (χ0n) is 10.8. The Morgan fingerprint density at radius 1 is 1.29 bits per heavy atom. The van der Waals surface area contributed by atoms with Crippen LogP contribution in [0.3, 0.4) is 0 Å². The smallest absolute Gasteiger partial charge is 0.119 e. The molecule has 2 nitrogen and oxygen atoms in total. The van der Waals surface area contributed by atoms with E-state index in [1.165, 1.54) is 5.56 Å². The van der Waals surface area contributed by atoms with Crippen LogP contribution in [0.1, 0.15) is 37.8 Å². The lowest BCUT2D eigenvalue weighted by Crippen LogP contribution is -2.40. The van der Waals surface area contributed by atoms with E-state index in [2.05, 4.69) is 26.0 Å². The van der Waals surface area contributed by atoms with Crippen LogP contribution in [0.4, 0.5) is 0 Å². The Hall–Kier alpha value is -1.02. The van der Waals surface area contributed by atoms with Crippen LogP contribution in [-0.4, -0.2) is 12.2 Å². The summed E-state index contributed by atoms with van der Waals surface area (Å²) in [5.41, 5.74) is 1.69. The van der Waals surface area contributed by atoms with Crippen LogP contribution in [0.2, 0.25) is 0 Å². The quantitative estimate of drug-likeness (QED) is 0.849. The molecule has 2 heteroatoms. The molecule has 1 aromatic carbocycles. The molecule has 2 aliphatic rings. The van der Waals surface area contributed by atoms with E-state index >= 15 is 0 Å². The highest BCUT2D eigenvalue weighted by molar-refractivity contribution is 5.46. The number of ether oxygens (including phenoxy) is 1. The maximum absolute atomic E-state index is 11.1. The summed E-state index contributed by atoms with van der Waals surface area (Å²) in [5.74, 6) is 1.34. The SMILES string of the molecule is COc1ccc2c(c1)CC(C)(C)C2(O)C1CC1. The van der Waals surface area contributed by atoms with Crippen LogP contribution in [0.25, 0.3) is 0 Å². The number of hydrogen-bond donors (Lipinski definition) is 1. The van der Waals surface area contributed by atoms with Crippen LogP contribution >= 0.6 is 0 Å². The fourth-order valence-corrected chi connectivity index (χ4v) is 3.46. The third-order valence-electron chi connectivity index (χ3n) is 4.56. The van der Waals surface area contributed by atoms with Gasteiger partial charge in [-0.1, -0.05) is 19.9 Å². The second-order valence-electron chi connectivity index (χ2n) is 6.12. The van der Waals surface area contributed by atoms with Gasteiger partial charge in [0.2, 0.25) is 0 Å². The fourth-order valence-electron chi connectivity index (χ4n) is 3.46. The predicted molar refractivity (Wildman–Crippen MR) is 67.1 cm³/mol. The molecule has 1 aromatic rings. The van der Waals surface area contributed by atoms with E-state index in [-0.39, 0.29) is 5.41 Å². The fraction of sp³-hybridized carbons (Fsp3) is 0.600. The van der Waals surface area contributed by atoms with Crippen molar-refractivity contribution in [3.05, 3.63) is 29.3 Å². The maximum atomic E-state index is 11.1. The third kappa shape index (κ3) is 1.37. The summed E-state index contributed by atoms with van der Waals surface area (Å²) in [5, 5.41) is 11.1. The predicted octanol–water partition coefficient (Wildman–Crippen LogP) is 2.88. The molecular formula is C15H20O2. The summed E-state index contributed by atoms with van der Waals surface area (Å²) < 4.78 is 5.27. The lowest BCUT2D eigenvalue weighted by atomic mass is 9.72. The molecule has 92 valence electrons. The van der Waals surface area contributed by atoms with Crippen LogP contribution in [0.5, 0.6) is 5.75 Å². The summed E-state index contributed by atoms with van der Waals surface area (Å²) in [6.07, 6.45) is 3.25. The molecule has 17 heavy (non-hydrogen) atoms. The van der Waals surface area contributed by atoms with Crippen molar-refractivity contribution in [2.75, 3.05) is 7.11 Å². The van der Waals surface area contributed by atoms with Gasteiger partial charge in [-0.15, -0.1) is 0 Å². The van der Waals surface area contributed by atoms with E-state index in [0.29, 0.717) is 5.92 Å². The Balaban J connectivity index is 2.13. The molecule has 2 aliphatic carbocycles. The minimum atomic E-state index is -0.630. The molecular weight excluding hydrogens is 212 g/mol. The zero-order valence-corrected chi connectivity index (χ0v) is 10.8. The lowest BCUT2D eigenvalue weighted by molar-refractivity contribution is -0.0788. The van der Waals surface area contributed by atoms with Gasteiger partial charge in [0.05, 0.1) is 12.7 Å². The van der Waals surface area contributed by atoms with Crippen LogP contribution in [-0.2, 0) is 12.0 Å². The van der Waals surface area contributed by atoms with Gasteiger partial charge in [-0.05, 0) is 48.4 Å². The second-order valence-corrected chi connectivity index (χ2v) is 6.12. The minimum absolute atomic E-state index is 0.0666. The van der Waals surface area contributed by atoms with Gasteiger partial charge in [0.25, 0.3) is 0 Å². The molecule has 0 heterocycles. The zero-order chi connectivity index (χ0) is 12.3. The molecule has 0 bridgehead atoms. The number of benzene rings is 1. The first-order valence-electron chi connectivity index (χ1n) is 6.39. The molecule has 0 spiro atoms. The van der Waals surface area contributed by atoms with Crippen LogP contribution in [0, 0.1) is 11.3 Å². The van der Waals surface area contributed by atoms with Crippen molar-refractivity contribution in [2.24, 2.45) is 11.3 Å². The topological polar surface area (TPSA) is 29.5 Å². The molecule has 1 saturated carbocycles. The molecule has 0 aliphatic heterocycles. The summed E-state index contributed by atoms with van der Waals surface area (Å²) in [7, 11) is 1.69. The Labute approximate surface area is 103 Å². The largest absolute Gasteiger partial charge is 0.497 e. The standard InChI is InChI=1S/C15H20O2/c1-14(2)9-10-8-12(17-3)6-7-13(10)15(14,16)11-4-5-11/h6-8,11,16H,4-5,9H2,1-3H3. The number of aliphatic hydroxyl groups is 1. The second kappa shape index (κ2) is 3.26. The van der Waals surface area contributed by atoms with E-state index in [0.717, 1.165) is 30.6 Å². The van der Waals surface area contributed by atoms with E-state index in [4.69, 9.17) is 4.74 Å². The van der Waals surface area contributed by atoms with Gasteiger partial charge in [-0.3, -0.25) is 0 Å². The molecule has 0 aromatic heterocycles. The maximum Gasteiger partial charge on any atom is 0.119 e. The Morgan fingerprint density at radius 3 is 2.59 bits per heavy atom. The normalized spacial score (nSPS) is 30.1. The molecule has 0 amide bonds. The van der Waals surface area contributed by atoms with Crippen molar-refractivity contribution in [1.82, 2.24) is 0 Å². The van der Waals surface area contributed by atoms with Gasteiger partial charge in [-0.25, -0.2) is 0 Å². The van der Waals surface area contributed by atoms with Gasteiger partial charge in [0.15, 0.2) is 0 Å². The Morgan fingerprint density at radius 2 is 2.00 bits per heavy atom. The molecule has 1 N–H and O–H groups in total. The highest BCUT2D eigenvalue weighted by atomic mass is 16.5. The molecule has 1 fully saturated rings. The monoisotopic (exact) mass is 232 g/mol. The number of fused-ring (bicyclic) bond motifs is 1. The molecule has 0 radical (unpaired) electrons. The van der Waals surface area contributed by atoms with Gasteiger partial charge in [-0.2, -0.15) is 0 Å². The minimum Gasteiger partial charge on any atom is -0.497 e. The van der Waals surface area contributed by atoms with Crippen molar-refractivity contribution in [1.29, 1.82) is 0 Å². The van der Waals surface area contributed by atoms with Crippen molar-refractivity contribution >= 4 is 0 Å². The van der Waals surface area contributed by atoms with Gasteiger partial charge >= 0.3 is 0 Å². The van der Waals surface area contributed by atoms with Crippen LogP contribution < -0.4 is 4.74 Å². The average molecular weight is 232 g/mol.